The number of hydrogen-bond donors (Lipinski definition) is 0. The SMILES string of the molecule is C=Cc1cc2ccccc2c(C2C(C(=O)OCC)=CON2C)c1/C=C\C. The zero-order valence-corrected chi connectivity index (χ0v) is 15.4. The average Bonchev–Trinajstić information content (AvgIpc) is 3.03. The van der Waals surface area contributed by atoms with Crippen molar-refractivity contribution >= 4 is 28.9 Å². The molecule has 0 aliphatic carbocycles. The van der Waals surface area contributed by atoms with Gasteiger partial charge >= 0.3 is 5.97 Å². The lowest BCUT2D eigenvalue weighted by Crippen LogP contribution is -2.24. The minimum Gasteiger partial charge on any atom is -0.462 e. The van der Waals surface area contributed by atoms with E-state index in [-0.39, 0.29) is 12.0 Å². The minimum atomic E-state index is -0.360. The summed E-state index contributed by atoms with van der Waals surface area (Å²) in [6.45, 7) is 8.06. The third-order valence-corrected chi connectivity index (χ3v) is 4.51. The molecule has 4 nitrogen and oxygen atoms in total. The highest BCUT2D eigenvalue weighted by atomic mass is 16.7. The predicted octanol–water partition coefficient (Wildman–Crippen LogP) is 4.88. The first kappa shape index (κ1) is 18.0. The van der Waals surface area contributed by atoms with Gasteiger partial charge in [0.25, 0.3) is 0 Å². The lowest BCUT2D eigenvalue weighted by Gasteiger charge is -2.25. The molecular weight excluding hydrogens is 326 g/mol. The Labute approximate surface area is 154 Å². The van der Waals surface area contributed by atoms with Crippen molar-refractivity contribution in [3.63, 3.8) is 0 Å². The quantitative estimate of drug-likeness (QED) is 0.721. The number of rotatable bonds is 5. The van der Waals surface area contributed by atoms with E-state index in [1.165, 1.54) is 6.26 Å². The van der Waals surface area contributed by atoms with Crippen LogP contribution >= 0.6 is 0 Å². The summed E-state index contributed by atoms with van der Waals surface area (Å²) in [7, 11) is 1.82. The van der Waals surface area contributed by atoms with E-state index in [2.05, 4.69) is 24.8 Å². The zero-order chi connectivity index (χ0) is 18.7. The number of esters is 1. The van der Waals surface area contributed by atoms with Gasteiger partial charge in [0.2, 0.25) is 0 Å². The maximum absolute atomic E-state index is 12.5. The molecule has 0 fully saturated rings. The lowest BCUT2D eigenvalue weighted by molar-refractivity contribution is -0.139. The molecule has 3 rings (SSSR count). The van der Waals surface area contributed by atoms with E-state index >= 15 is 0 Å². The Balaban J connectivity index is 2.31. The first-order valence-corrected chi connectivity index (χ1v) is 8.69. The van der Waals surface area contributed by atoms with E-state index < -0.39 is 0 Å². The van der Waals surface area contributed by atoms with Crippen molar-refractivity contribution in [1.82, 2.24) is 5.06 Å². The second-order valence-corrected chi connectivity index (χ2v) is 6.07. The number of carbonyl (C=O) groups excluding carboxylic acids is 1. The van der Waals surface area contributed by atoms with Crippen molar-refractivity contribution in [2.45, 2.75) is 19.9 Å². The molecule has 1 heterocycles. The molecule has 1 aliphatic heterocycles. The average molecular weight is 349 g/mol. The molecule has 0 spiro atoms. The lowest BCUT2D eigenvalue weighted by atomic mass is 9.86. The van der Waals surface area contributed by atoms with Gasteiger partial charge in [-0.1, -0.05) is 49.1 Å². The highest BCUT2D eigenvalue weighted by Gasteiger charge is 2.36. The molecule has 0 saturated heterocycles. The fourth-order valence-electron chi connectivity index (χ4n) is 3.40. The van der Waals surface area contributed by atoms with E-state index in [9.17, 15) is 4.79 Å². The number of allylic oxidation sites excluding steroid dienone is 1. The van der Waals surface area contributed by atoms with Crippen LogP contribution in [0.15, 0.2) is 54.8 Å². The Hall–Kier alpha value is -2.85. The summed E-state index contributed by atoms with van der Waals surface area (Å²) in [6, 6.07) is 9.90. The third kappa shape index (κ3) is 3.04. The molecule has 26 heavy (non-hydrogen) atoms. The fraction of sp³-hybridized carbons (Fsp3) is 0.227. The summed E-state index contributed by atoms with van der Waals surface area (Å²) in [6.07, 6.45) is 7.37. The number of likely N-dealkylation sites (N-methyl/N-ethyl adjacent to an activating group) is 1. The largest absolute Gasteiger partial charge is 0.462 e. The summed E-state index contributed by atoms with van der Waals surface area (Å²) >= 11 is 0. The van der Waals surface area contributed by atoms with Crippen molar-refractivity contribution in [2.24, 2.45) is 0 Å². The van der Waals surface area contributed by atoms with Crippen molar-refractivity contribution in [3.05, 3.63) is 71.5 Å². The van der Waals surface area contributed by atoms with Crippen LogP contribution in [0.5, 0.6) is 0 Å². The van der Waals surface area contributed by atoms with E-state index in [0.717, 1.165) is 27.5 Å². The second-order valence-electron chi connectivity index (χ2n) is 6.07. The Morgan fingerprint density at radius 2 is 2.15 bits per heavy atom. The first-order valence-electron chi connectivity index (χ1n) is 8.69. The van der Waals surface area contributed by atoms with Crippen molar-refractivity contribution in [2.75, 3.05) is 13.7 Å². The van der Waals surface area contributed by atoms with E-state index in [1.807, 2.05) is 44.3 Å². The smallest absolute Gasteiger partial charge is 0.339 e. The standard InChI is InChI=1S/C22H23NO3/c1-5-10-17-15(6-2)13-16-11-8-9-12-18(16)20(17)21-19(14-26-23(21)4)22(24)25-7-3/h5-6,8-14,21H,2,7H2,1,3-4H3/b10-5-. The molecule has 0 N–H and O–H groups in total. The summed E-state index contributed by atoms with van der Waals surface area (Å²) in [5, 5.41) is 3.85. The molecule has 0 saturated carbocycles. The predicted molar refractivity (Wildman–Crippen MR) is 105 cm³/mol. The number of fused-ring (bicyclic) bond motifs is 1. The summed E-state index contributed by atoms with van der Waals surface area (Å²) in [5.74, 6) is -0.360. The molecule has 0 radical (unpaired) electrons. The summed E-state index contributed by atoms with van der Waals surface area (Å²) in [5.41, 5.74) is 3.54. The molecule has 4 heteroatoms. The van der Waals surface area contributed by atoms with Gasteiger partial charge in [-0.15, -0.1) is 5.06 Å². The molecule has 0 bridgehead atoms. The van der Waals surface area contributed by atoms with Crippen molar-refractivity contribution in [1.29, 1.82) is 0 Å². The van der Waals surface area contributed by atoms with Crippen LogP contribution < -0.4 is 0 Å². The van der Waals surface area contributed by atoms with Crippen LogP contribution in [0, 0.1) is 0 Å². The van der Waals surface area contributed by atoms with Gasteiger partial charge < -0.3 is 9.57 Å². The number of hydroxylamine groups is 2. The Morgan fingerprint density at radius 3 is 2.85 bits per heavy atom. The van der Waals surface area contributed by atoms with Gasteiger partial charge in [-0.25, -0.2) is 4.79 Å². The normalized spacial score (nSPS) is 17.3. The van der Waals surface area contributed by atoms with Gasteiger partial charge in [-0.05, 0) is 47.4 Å². The highest BCUT2D eigenvalue weighted by Crippen LogP contribution is 2.41. The van der Waals surface area contributed by atoms with Crippen molar-refractivity contribution in [3.8, 4) is 0 Å². The Bertz CT molecular complexity index is 911. The number of carbonyl (C=O) groups is 1. The number of hydrogen-bond acceptors (Lipinski definition) is 4. The molecule has 2 aromatic carbocycles. The van der Waals surface area contributed by atoms with Crippen LogP contribution in [0.1, 0.15) is 36.6 Å². The van der Waals surface area contributed by atoms with Gasteiger partial charge in [-0.3, -0.25) is 0 Å². The molecule has 1 aliphatic rings. The minimum absolute atomic E-state index is 0.321. The molecule has 134 valence electrons. The van der Waals surface area contributed by atoms with Gasteiger partial charge in [0.05, 0.1) is 12.2 Å². The van der Waals surface area contributed by atoms with Crippen LogP contribution in [0.3, 0.4) is 0 Å². The van der Waals surface area contributed by atoms with Crippen molar-refractivity contribution < 1.29 is 14.4 Å². The van der Waals surface area contributed by atoms with E-state index in [1.54, 1.807) is 12.0 Å². The van der Waals surface area contributed by atoms with Gasteiger partial charge in [0.15, 0.2) is 0 Å². The Morgan fingerprint density at radius 1 is 1.38 bits per heavy atom. The molecular formula is C22H23NO3. The fourth-order valence-corrected chi connectivity index (χ4v) is 3.40. The topological polar surface area (TPSA) is 38.8 Å². The molecule has 1 atom stereocenters. The highest BCUT2D eigenvalue weighted by molar-refractivity contribution is 5.96. The first-order chi connectivity index (χ1) is 12.6. The third-order valence-electron chi connectivity index (χ3n) is 4.51. The van der Waals surface area contributed by atoms with Crippen LogP contribution in [0.4, 0.5) is 0 Å². The number of benzene rings is 2. The monoisotopic (exact) mass is 349 g/mol. The maximum atomic E-state index is 12.5. The molecule has 0 amide bonds. The number of ether oxygens (including phenoxy) is 1. The van der Waals surface area contributed by atoms with Gasteiger partial charge in [0, 0.05) is 7.05 Å². The summed E-state index contributed by atoms with van der Waals surface area (Å²) in [4.78, 5) is 18.1. The second kappa shape index (κ2) is 7.58. The molecule has 0 aromatic heterocycles. The summed E-state index contributed by atoms with van der Waals surface area (Å²) < 4.78 is 5.24. The number of nitrogens with zero attached hydrogens (tertiary/aromatic N) is 1. The van der Waals surface area contributed by atoms with Crippen LogP contribution in [-0.4, -0.2) is 24.7 Å². The zero-order valence-electron chi connectivity index (χ0n) is 15.4. The van der Waals surface area contributed by atoms with Gasteiger partial charge in [-0.2, -0.15) is 0 Å². The molecule has 2 aromatic rings. The maximum Gasteiger partial charge on any atom is 0.339 e. The van der Waals surface area contributed by atoms with E-state index in [4.69, 9.17) is 9.57 Å². The van der Waals surface area contributed by atoms with E-state index in [0.29, 0.717) is 12.2 Å². The van der Waals surface area contributed by atoms with Crippen LogP contribution in [-0.2, 0) is 14.4 Å². The molecule has 1 unspecified atom stereocenters. The van der Waals surface area contributed by atoms with Crippen LogP contribution in [0.25, 0.3) is 22.9 Å². The van der Waals surface area contributed by atoms with Gasteiger partial charge in [0.1, 0.15) is 12.3 Å². The van der Waals surface area contributed by atoms with Crippen LogP contribution in [0.2, 0.25) is 0 Å². The Kier molecular flexibility index (Phi) is 5.24.